The predicted octanol–water partition coefficient (Wildman–Crippen LogP) is 1.41. The Morgan fingerprint density at radius 3 is 2.93 bits per heavy atom. The van der Waals surface area contributed by atoms with Crippen molar-refractivity contribution in [1.29, 1.82) is 0 Å². The third kappa shape index (κ3) is 3.24. The van der Waals surface area contributed by atoms with E-state index in [0.29, 0.717) is 18.5 Å². The third-order valence-electron chi connectivity index (χ3n) is 7.71. The molecule has 1 saturated carbocycles. The van der Waals surface area contributed by atoms with Gasteiger partial charge in [0.05, 0.1) is 0 Å². The number of imide groups is 1. The van der Waals surface area contributed by atoms with E-state index in [-0.39, 0.29) is 29.7 Å². The Hall–Kier alpha value is -2.25. The van der Waals surface area contributed by atoms with Gasteiger partial charge in [0.2, 0.25) is 11.8 Å². The number of hydrogen-bond donors (Lipinski definition) is 2. The SMILES string of the molecule is CN(Cc1cccc2c1CN(C1CCC(=O)NC1=O)C2=O)C12CCCC(CNC1)C2. The van der Waals surface area contributed by atoms with Gasteiger partial charge in [0, 0.05) is 37.2 Å². The first-order valence-corrected chi connectivity index (χ1v) is 11.1. The Morgan fingerprint density at radius 1 is 1.23 bits per heavy atom. The van der Waals surface area contributed by atoms with Gasteiger partial charge < -0.3 is 10.2 Å². The molecule has 0 aromatic heterocycles. The van der Waals surface area contributed by atoms with Crippen molar-refractivity contribution in [2.75, 3.05) is 20.1 Å². The van der Waals surface area contributed by atoms with Crippen LogP contribution in [0.15, 0.2) is 18.2 Å². The highest BCUT2D eigenvalue weighted by Gasteiger charge is 2.43. The number of hydrogen-bond acceptors (Lipinski definition) is 5. The average molecular weight is 411 g/mol. The minimum Gasteiger partial charge on any atom is -0.322 e. The minimum absolute atomic E-state index is 0.0979. The van der Waals surface area contributed by atoms with Crippen molar-refractivity contribution >= 4 is 17.7 Å². The number of carbonyl (C=O) groups is 3. The van der Waals surface area contributed by atoms with Crippen molar-refractivity contribution in [3.63, 3.8) is 0 Å². The van der Waals surface area contributed by atoms with E-state index in [1.165, 1.54) is 31.2 Å². The Balaban J connectivity index is 1.37. The summed E-state index contributed by atoms with van der Waals surface area (Å²) in [4.78, 5) is 41.0. The van der Waals surface area contributed by atoms with Crippen molar-refractivity contribution in [2.45, 2.75) is 63.2 Å². The maximum absolute atomic E-state index is 13.1. The fourth-order valence-electron chi connectivity index (χ4n) is 6.01. The van der Waals surface area contributed by atoms with E-state index >= 15 is 0 Å². The fourth-order valence-corrected chi connectivity index (χ4v) is 6.01. The molecule has 0 radical (unpaired) electrons. The van der Waals surface area contributed by atoms with Crippen molar-refractivity contribution in [2.24, 2.45) is 5.92 Å². The van der Waals surface area contributed by atoms with Gasteiger partial charge in [-0.25, -0.2) is 0 Å². The van der Waals surface area contributed by atoms with Crippen LogP contribution in [0.5, 0.6) is 0 Å². The average Bonchev–Trinajstić information content (AvgIpc) is 3.06. The van der Waals surface area contributed by atoms with Crippen molar-refractivity contribution in [3.05, 3.63) is 34.9 Å². The first-order valence-electron chi connectivity index (χ1n) is 11.1. The van der Waals surface area contributed by atoms with E-state index in [2.05, 4.69) is 28.6 Å². The lowest BCUT2D eigenvalue weighted by Gasteiger charge is -2.51. The molecule has 3 unspecified atom stereocenters. The van der Waals surface area contributed by atoms with Crippen LogP contribution in [0.4, 0.5) is 0 Å². The molecule has 30 heavy (non-hydrogen) atoms. The van der Waals surface area contributed by atoms with Crippen molar-refractivity contribution < 1.29 is 14.4 Å². The van der Waals surface area contributed by atoms with Crippen LogP contribution >= 0.6 is 0 Å². The number of piperidine rings is 2. The lowest BCUT2D eigenvalue weighted by atomic mass is 9.72. The molecule has 3 heterocycles. The van der Waals surface area contributed by atoms with Gasteiger partial charge >= 0.3 is 0 Å². The second-order valence-electron chi connectivity index (χ2n) is 9.52. The molecule has 5 rings (SSSR count). The molecule has 3 aliphatic heterocycles. The zero-order chi connectivity index (χ0) is 20.9. The van der Waals surface area contributed by atoms with Crippen LogP contribution in [-0.4, -0.2) is 59.2 Å². The molecule has 0 spiro atoms. The topological polar surface area (TPSA) is 81.8 Å². The molecule has 2 N–H and O–H groups in total. The summed E-state index contributed by atoms with van der Waals surface area (Å²) in [6, 6.07) is 5.37. The number of carbonyl (C=O) groups excluding carboxylic acids is 3. The quantitative estimate of drug-likeness (QED) is 0.734. The van der Waals surface area contributed by atoms with Gasteiger partial charge in [-0.1, -0.05) is 18.6 Å². The number of nitrogens with zero attached hydrogens (tertiary/aromatic N) is 2. The van der Waals surface area contributed by atoms with Crippen molar-refractivity contribution in [3.8, 4) is 0 Å². The van der Waals surface area contributed by atoms with Gasteiger partial charge in [-0.2, -0.15) is 0 Å². The molecular weight excluding hydrogens is 380 g/mol. The summed E-state index contributed by atoms with van der Waals surface area (Å²) >= 11 is 0. The summed E-state index contributed by atoms with van der Waals surface area (Å²) < 4.78 is 0. The van der Waals surface area contributed by atoms with Gasteiger partial charge in [0.1, 0.15) is 6.04 Å². The van der Waals surface area contributed by atoms with Crippen LogP contribution < -0.4 is 10.6 Å². The standard InChI is InChI=1S/C23H30N4O3/c1-26(23-9-3-4-15(10-23)11-24-14-23)12-16-5-2-6-17-18(16)13-27(22(17)30)19-7-8-20(28)25-21(19)29/h2,5-6,15,19,24H,3-4,7-14H2,1H3,(H,25,28,29). The molecule has 3 fully saturated rings. The Bertz CT molecular complexity index is 888. The molecule has 2 saturated heterocycles. The molecule has 1 aromatic rings. The molecule has 3 amide bonds. The van der Waals surface area contributed by atoms with Crippen LogP contribution in [0.2, 0.25) is 0 Å². The molecule has 2 bridgehead atoms. The molecule has 1 aromatic carbocycles. The summed E-state index contributed by atoms with van der Waals surface area (Å²) in [7, 11) is 2.21. The lowest BCUT2D eigenvalue weighted by Crippen LogP contribution is -2.60. The molecule has 7 heteroatoms. The highest BCUT2D eigenvalue weighted by molar-refractivity contribution is 6.05. The summed E-state index contributed by atoms with van der Waals surface area (Å²) in [5, 5.41) is 6.02. The lowest BCUT2D eigenvalue weighted by molar-refractivity contribution is -0.136. The van der Waals surface area contributed by atoms with E-state index in [1.807, 2.05) is 12.1 Å². The van der Waals surface area contributed by atoms with E-state index in [4.69, 9.17) is 0 Å². The molecular formula is C23H30N4O3. The van der Waals surface area contributed by atoms with Crippen LogP contribution in [0.1, 0.15) is 60.0 Å². The normalized spacial score (nSPS) is 31.1. The number of benzene rings is 1. The smallest absolute Gasteiger partial charge is 0.255 e. The summed E-state index contributed by atoms with van der Waals surface area (Å²) in [6.45, 7) is 3.40. The van der Waals surface area contributed by atoms with Crippen LogP contribution in [0.3, 0.4) is 0 Å². The number of nitrogens with one attached hydrogen (secondary N) is 2. The van der Waals surface area contributed by atoms with E-state index < -0.39 is 6.04 Å². The first-order chi connectivity index (χ1) is 14.5. The second-order valence-corrected chi connectivity index (χ2v) is 9.52. The number of fused-ring (bicyclic) bond motifs is 3. The largest absolute Gasteiger partial charge is 0.322 e. The van der Waals surface area contributed by atoms with Crippen LogP contribution in [-0.2, 0) is 22.7 Å². The Kier molecular flexibility index (Phi) is 4.90. The third-order valence-corrected chi connectivity index (χ3v) is 7.71. The van der Waals surface area contributed by atoms with E-state index in [1.54, 1.807) is 4.90 Å². The maximum Gasteiger partial charge on any atom is 0.255 e. The van der Waals surface area contributed by atoms with Gasteiger partial charge in [0.25, 0.3) is 5.91 Å². The first kappa shape index (κ1) is 19.7. The highest BCUT2D eigenvalue weighted by Crippen LogP contribution is 2.39. The highest BCUT2D eigenvalue weighted by atomic mass is 16.2. The molecule has 4 aliphatic rings. The Morgan fingerprint density at radius 2 is 2.10 bits per heavy atom. The van der Waals surface area contributed by atoms with Gasteiger partial charge in [-0.05, 0) is 62.4 Å². The molecule has 160 valence electrons. The zero-order valence-corrected chi connectivity index (χ0v) is 17.6. The monoisotopic (exact) mass is 410 g/mol. The van der Waals surface area contributed by atoms with E-state index in [9.17, 15) is 14.4 Å². The fraction of sp³-hybridized carbons (Fsp3) is 0.609. The summed E-state index contributed by atoms with van der Waals surface area (Å²) in [5.41, 5.74) is 3.09. The van der Waals surface area contributed by atoms with Crippen LogP contribution in [0.25, 0.3) is 0 Å². The molecule has 7 nitrogen and oxygen atoms in total. The molecule has 1 aliphatic carbocycles. The van der Waals surface area contributed by atoms with E-state index in [0.717, 1.165) is 31.1 Å². The predicted molar refractivity (Wildman–Crippen MR) is 112 cm³/mol. The number of rotatable bonds is 4. The molecule has 3 atom stereocenters. The van der Waals surface area contributed by atoms with Crippen LogP contribution in [0, 0.1) is 5.92 Å². The Labute approximate surface area is 177 Å². The minimum atomic E-state index is -0.562. The summed E-state index contributed by atoms with van der Waals surface area (Å²) in [5.74, 6) is 0.0561. The maximum atomic E-state index is 13.1. The number of amides is 3. The number of likely N-dealkylation sites (N-methyl/N-ethyl adjacent to an activating group) is 1. The van der Waals surface area contributed by atoms with Crippen molar-refractivity contribution in [1.82, 2.24) is 20.4 Å². The van der Waals surface area contributed by atoms with Gasteiger partial charge in [0.15, 0.2) is 0 Å². The second kappa shape index (κ2) is 7.46. The van der Waals surface area contributed by atoms with Gasteiger partial charge in [-0.15, -0.1) is 0 Å². The van der Waals surface area contributed by atoms with Gasteiger partial charge in [-0.3, -0.25) is 24.6 Å². The summed E-state index contributed by atoms with van der Waals surface area (Å²) in [6.07, 6.45) is 5.74. The zero-order valence-electron chi connectivity index (χ0n) is 17.6.